The average molecular weight is 254 g/mol. The van der Waals surface area contributed by atoms with Crippen LogP contribution in [0.2, 0.25) is 5.02 Å². The third-order valence-electron chi connectivity index (χ3n) is 3.78. The Labute approximate surface area is 108 Å². The monoisotopic (exact) mass is 253 g/mol. The number of halogens is 1. The maximum Gasteiger partial charge on any atom is 0.140 e. The smallest absolute Gasteiger partial charge is 0.140 e. The number of aryl methyl sites for hydroxylation is 1. The maximum absolute atomic E-state index is 6.46. The zero-order chi connectivity index (χ0) is 12.5. The summed E-state index contributed by atoms with van der Waals surface area (Å²) in [6.07, 6.45) is 5.44. The first-order valence-corrected chi connectivity index (χ1v) is 6.64. The van der Waals surface area contributed by atoms with Gasteiger partial charge >= 0.3 is 0 Å². The Bertz CT molecular complexity index is 411. The molecular formula is C14H20ClNO. The van der Waals surface area contributed by atoms with Gasteiger partial charge in [-0.15, -0.1) is 0 Å². The van der Waals surface area contributed by atoms with Crippen molar-refractivity contribution in [2.45, 2.75) is 44.6 Å². The summed E-state index contributed by atoms with van der Waals surface area (Å²) in [6, 6.07) is 4.14. The molecule has 0 atom stereocenters. The number of benzene rings is 1. The second kappa shape index (κ2) is 4.87. The molecule has 2 nitrogen and oxygen atoms in total. The molecule has 0 saturated heterocycles. The SMILES string of the molecule is CCc1cc(C2(N)CCCC2)cc(Cl)c1OC. The molecule has 1 fully saturated rings. The van der Waals surface area contributed by atoms with Gasteiger partial charge in [-0.2, -0.15) is 0 Å². The molecule has 17 heavy (non-hydrogen) atoms. The van der Waals surface area contributed by atoms with Gasteiger partial charge in [-0.25, -0.2) is 0 Å². The number of nitrogens with two attached hydrogens (primary N) is 1. The van der Waals surface area contributed by atoms with Crippen molar-refractivity contribution in [2.24, 2.45) is 5.73 Å². The van der Waals surface area contributed by atoms with E-state index in [0.717, 1.165) is 36.1 Å². The van der Waals surface area contributed by atoms with Crippen molar-refractivity contribution in [2.75, 3.05) is 7.11 Å². The van der Waals surface area contributed by atoms with Crippen LogP contribution in [-0.4, -0.2) is 7.11 Å². The number of hydrogen-bond acceptors (Lipinski definition) is 2. The highest BCUT2D eigenvalue weighted by Crippen LogP contribution is 2.40. The van der Waals surface area contributed by atoms with E-state index in [4.69, 9.17) is 22.1 Å². The summed E-state index contributed by atoms with van der Waals surface area (Å²) in [7, 11) is 1.66. The van der Waals surface area contributed by atoms with E-state index in [1.165, 1.54) is 12.8 Å². The summed E-state index contributed by atoms with van der Waals surface area (Å²) in [5.41, 5.74) is 8.59. The van der Waals surface area contributed by atoms with Crippen LogP contribution in [-0.2, 0) is 12.0 Å². The molecule has 0 heterocycles. The Morgan fingerprint density at radius 3 is 2.53 bits per heavy atom. The Hall–Kier alpha value is -0.730. The van der Waals surface area contributed by atoms with E-state index in [-0.39, 0.29) is 5.54 Å². The van der Waals surface area contributed by atoms with Crippen molar-refractivity contribution >= 4 is 11.6 Å². The third-order valence-corrected chi connectivity index (χ3v) is 4.06. The van der Waals surface area contributed by atoms with Crippen LogP contribution in [0.25, 0.3) is 0 Å². The number of hydrogen-bond donors (Lipinski definition) is 1. The van der Waals surface area contributed by atoms with E-state index >= 15 is 0 Å². The van der Waals surface area contributed by atoms with Crippen molar-refractivity contribution in [1.29, 1.82) is 0 Å². The molecule has 1 aromatic rings. The molecule has 1 aromatic carbocycles. The quantitative estimate of drug-likeness (QED) is 0.893. The molecule has 0 aliphatic heterocycles. The van der Waals surface area contributed by atoms with Crippen molar-refractivity contribution in [3.05, 3.63) is 28.3 Å². The lowest BCUT2D eigenvalue weighted by atomic mass is 9.88. The Balaban J connectivity index is 2.46. The molecule has 0 spiro atoms. The van der Waals surface area contributed by atoms with Crippen molar-refractivity contribution < 1.29 is 4.74 Å². The second-order valence-electron chi connectivity index (χ2n) is 4.87. The fourth-order valence-corrected chi connectivity index (χ4v) is 3.04. The highest BCUT2D eigenvalue weighted by molar-refractivity contribution is 6.32. The lowest BCUT2D eigenvalue weighted by molar-refractivity contribution is 0.408. The molecule has 0 amide bonds. The zero-order valence-corrected chi connectivity index (χ0v) is 11.3. The lowest BCUT2D eigenvalue weighted by Gasteiger charge is -2.26. The van der Waals surface area contributed by atoms with Gasteiger partial charge < -0.3 is 10.5 Å². The molecule has 0 radical (unpaired) electrons. The van der Waals surface area contributed by atoms with Crippen LogP contribution < -0.4 is 10.5 Å². The Kier molecular flexibility index (Phi) is 3.64. The molecule has 0 unspecified atom stereocenters. The average Bonchev–Trinajstić information content (AvgIpc) is 2.76. The van der Waals surface area contributed by atoms with Crippen LogP contribution in [0.5, 0.6) is 5.75 Å². The summed E-state index contributed by atoms with van der Waals surface area (Å²) in [4.78, 5) is 0. The second-order valence-corrected chi connectivity index (χ2v) is 5.27. The van der Waals surface area contributed by atoms with Crippen molar-refractivity contribution in [1.82, 2.24) is 0 Å². The van der Waals surface area contributed by atoms with Crippen LogP contribution >= 0.6 is 11.6 Å². The van der Waals surface area contributed by atoms with E-state index in [9.17, 15) is 0 Å². The molecule has 1 saturated carbocycles. The normalized spacial score (nSPS) is 18.4. The fourth-order valence-electron chi connectivity index (χ4n) is 2.72. The number of ether oxygens (including phenoxy) is 1. The van der Waals surface area contributed by atoms with Gasteiger partial charge in [-0.05, 0) is 36.5 Å². The predicted molar refractivity (Wildman–Crippen MR) is 71.7 cm³/mol. The van der Waals surface area contributed by atoms with Gasteiger partial charge in [-0.1, -0.05) is 37.4 Å². The van der Waals surface area contributed by atoms with E-state index < -0.39 is 0 Å². The van der Waals surface area contributed by atoms with Gasteiger partial charge in [-0.3, -0.25) is 0 Å². The number of methoxy groups -OCH3 is 1. The van der Waals surface area contributed by atoms with Gasteiger partial charge in [0, 0.05) is 5.54 Å². The molecule has 0 bridgehead atoms. The highest BCUT2D eigenvalue weighted by Gasteiger charge is 2.32. The molecule has 1 aliphatic rings. The summed E-state index contributed by atoms with van der Waals surface area (Å²) < 4.78 is 5.34. The molecule has 3 heteroatoms. The predicted octanol–water partition coefficient (Wildman–Crippen LogP) is 3.64. The minimum absolute atomic E-state index is 0.181. The van der Waals surface area contributed by atoms with E-state index in [2.05, 4.69) is 13.0 Å². The third kappa shape index (κ3) is 2.29. The Morgan fingerprint density at radius 1 is 1.35 bits per heavy atom. The zero-order valence-electron chi connectivity index (χ0n) is 10.6. The topological polar surface area (TPSA) is 35.2 Å². The summed E-state index contributed by atoms with van der Waals surface area (Å²) >= 11 is 6.27. The summed E-state index contributed by atoms with van der Waals surface area (Å²) in [5.74, 6) is 0.791. The first-order chi connectivity index (χ1) is 8.10. The minimum atomic E-state index is -0.181. The number of rotatable bonds is 3. The van der Waals surface area contributed by atoms with Crippen LogP contribution in [0.15, 0.2) is 12.1 Å². The summed E-state index contributed by atoms with van der Waals surface area (Å²) in [5, 5.41) is 0.679. The fraction of sp³-hybridized carbons (Fsp3) is 0.571. The lowest BCUT2D eigenvalue weighted by Crippen LogP contribution is -2.33. The van der Waals surface area contributed by atoms with E-state index in [0.29, 0.717) is 5.02 Å². The van der Waals surface area contributed by atoms with Gasteiger partial charge in [0.05, 0.1) is 12.1 Å². The molecule has 1 aliphatic carbocycles. The van der Waals surface area contributed by atoms with Crippen LogP contribution in [0.1, 0.15) is 43.7 Å². The van der Waals surface area contributed by atoms with Crippen molar-refractivity contribution in [3.8, 4) is 5.75 Å². The first kappa shape index (κ1) is 12.7. The highest BCUT2D eigenvalue weighted by atomic mass is 35.5. The molecule has 94 valence electrons. The maximum atomic E-state index is 6.46. The summed E-state index contributed by atoms with van der Waals surface area (Å²) in [6.45, 7) is 2.11. The minimum Gasteiger partial charge on any atom is -0.495 e. The van der Waals surface area contributed by atoms with Crippen molar-refractivity contribution in [3.63, 3.8) is 0 Å². The standard InChI is InChI=1S/C14H20ClNO/c1-3-10-8-11(9-12(15)13(10)17-2)14(16)6-4-5-7-14/h8-9H,3-7,16H2,1-2H3. The largest absolute Gasteiger partial charge is 0.495 e. The van der Waals surface area contributed by atoms with Gasteiger partial charge in [0.1, 0.15) is 5.75 Å². The van der Waals surface area contributed by atoms with Crippen LogP contribution in [0, 0.1) is 0 Å². The van der Waals surface area contributed by atoms with Gasteiger partial charge in [0.15, 0.2) is 0 Å². The van der Waals surface area contributed by atoms with Gasteiger partial charge in [0.25, 0.3) is 0 Å². The van der Waals surface area contributed by atoms with E-state index in [1.54, 1.807) is 7.11 Å². The molecule has 2 rings (SSSR count). The molecular weight excluding hydrogens is 234 g/mol. The molecule has 2 N–H and O–H groups in total. The molecule has 0 aromatic heterocycles. The van der Waals surface area contributed by atoms with Crippen LogP contribution in [0.3, 0.4) is 0 Å². The first-order valence-electron chi connectivity index (χ1n) is 6.26. The van der Waals surface area contributed by atoms with Gasteiger partial charge in [0.2, 0.25) is 0 Å². The van der Waals surface area contributed by atoms with E-state index in [1.807, 2.05) is 6.07 Å². The van der Waals surface area contributed by atoms with Crippen LogP contribution in [0.4, 0.5) is 0 Å². The Morgan fingerprint density at radius 2 is 2.00 bits per heavy atom.